The summed E-state index contributed by atoms with van der Waals surface area (Å²) in [4.78, 5) is 12.6. The Balaban J connectivity index is 2.17. The highest BCUT2D eigenvalue weighted by atomic mass is 32.1. The maximum atomic E-state index is 10.6. The van der Waals surface area contributed by atoms with Crippen molar-refractivity contribution in [2.24, 2.45) is 0 Å². The second-order valence-electron chi connectivity index (χ2n) is 4.34. The number of non-ortho nitro benzene ring substituents is 1. The molecule has 0 saturated heterocycles. The molecule has 1 atom stereocenters. The number of nitrogens with zero attached hydrogens (tertiary/aromatic N) is 1. The van der Waals surface area contributed by atoms with E-state index in [-0.39, 0.29) is 11.7 Å². The van der Waals surface area contributed by atoms with Crippen molar-refractivity contribution in [3.8, 4) is 0 Å². The van der Waals surface area contributed by atoms with Gasteiger partial charge in [-0.15, -0.1) is 11.3 Å². The van der Waals surface area contributed by atoms with Crippen LogP contribution in [0.3, 0.4) is 0 Å². The first-order valence-corrected chi connectivity index (χ1v) is 6.66. The maximum Gasteiger partial charge on any atom is 0.271 e. The van der Waals surface area contributed by atoms with Gasteiger partial charge in [-0.3, -0.25) is 10.1 Å². The molecule has 19 heavy (non-hydrogen) atoms. The monoisotopic (exact) mass is 277 g/mol. The van der Waals surface area contributed by atoms with E-state index >= 15 is 0 Å². The first-order chi connectivity index (χ1) is 8.97. The van der Waals surface area contributed by atoms with Crippen LogP contribution in [0.5, 0.6) is 0 Å². The van der Waals surface area contributed by atoms with Gasteiger partial charge in [-0.05, 0) is 32.0 Å². The molecule has 5 nitrogen and oxygen atoms in total. The Morgan fingerprint density at radius 2 is 2.11 bits per heavy atom. The molecule has 1 aromatic carbocycles. The van der Waals surface area contributed by atoms with Gasteiger partial charge in [-0.2, -0.15) is 0 Å². The van der Waals surface area contributed by atoms with E-state index in [1.807, 2.05) is 6.92 Å². The Bertz CT molecular complexity index is 610. The van der Waals surface area contributed by atoms with Crippen LogP contribution in [0.25, 0.3) is 0 Å². The summed E-state index contributed by atoms with van der Waals surface area (Å²) in [6, 6.07) is 8.71. The lowest BCUT2D eigenvalue weighted by molar-refractivity contribution is -0.384. The van der Waals surface area contributed by atoms with Gasteiger partial charge in [0, 0.05) is 21.9 Å². The maximum absolute atomic E-state index is 10.6. The topological polar surface area (TPSA) is 81.2 Å². The predicted octanol–water partition coefficient (Wildman–Crippen LogP) is 3.72. The van der Waals surface area contributed by atoms with Crippen LogP contribution in [0, 0.1) is 17.0 Å². The van der Waals surface area contributed by atoms with Crippen molar-refractivity contribution in [2.45, 2.75) is 19.9 Å². The van der Waals surface area contributed by atoms with Gasteiger partial charge in [0.15, 0.2) is 0 Å². The lowest BCUT2D eigenvalue weighted by atomic mass is 10.2. The summed E-state index contributed by atoms with van der Waals surface area (Å²) in [6.45, 7) is 4.09. The number of nitrogens with one attached hydrogen (secondary N) is 1. The molecule has 1 heterocycles. The lowest BCUT2D eigenvalue weighted by Gasteiger charge is -2.15. The zero-order valence-electron chi connectivity index (χ0n) is 10.7. The van der Waals surface area contributed by atoms with Crippen LogP contribution in [0.1, 0.15) is 22.7 Å². The van der Waals surface area contributed by atoms with Crippen LogP contribution in [-0.4, -0.2) is 4.92 Å². The largest absolute Gasteiger partial charge is 0.397 e. The van der Waals surface area contributed by atoms with Crippen molar-refractivity contribution in [3.05, 3.63) is 50.2 Å². The average molecular weight is 277 g/mol. The first kappa shape index (κ1) is 13.4. The second-order valence-corrected chi connectivity index (χ2v) is 5.66. The number of nitro benzene ring substituents is 1. The molecule has 0 amide bonds. The number of aryl methyl sites for hydroxylation is 1. The summed E-state index contributed by atoms with van der Waals surface area (Å²) in [5, 5.41) is 13.9. The number of thiophene rings is 1. The van der Waals surface area contributed by atoms with Crippen molar-refractivity contribution in [1.29, 1.82) is 0 Å². The number of nitro groups is 1. The van der Waals surface area contributed by atoms with Crippen LogP contribution < -0.4 is 11.1 Å². The highest BCUT2D eigenvalue weighted by molar-refractivity contribution is 7.12. The third-order valence-electron chi connectivity index (χ3n) is 2.81. The van der Waals surface area contributed by atoms with Crippen LogP contribution >= 0.6 is 11.3 Å². The predicted molar refractivity (Wildman–Crippen MR) is 78.6 cm³/mol. The van der Waals surface area contributed by atoms with Gasteiger partial charge in [0.05, 0.1) is 22.3 Å². The molecule has 0 aliphatic heterocycles. The summed E-state index contributed by atoms with van der Waals surface area (Å²) >= 11 is 1.72. The van der Waals surface area contributed by atoms with E-state index in [1.165, 1.54) is 21.9 Å². The number of anilines is 2. The van der Waals surface area contributed by atoms with Gasteiger partial charge in [-0.1, -0.05) is 0 Å². The van der Waals surface area contributed by atoms with E-state index in [2.05, 4.69) is 24.4 Å². The van der Waals surface area contributed by atoms with E-state index in [1.54, 1.807) is 17.4 Å². The normalized spacial score (nSPS) is 12.1. The van der Waals surface area contributed by atoms with E-state index < -0.39 is 4.92 Å². The quantitative estimate of drug-likeness (QED) is 0.507. The second kappa shape index (κ2) is 5.27. The Labute approximate surface area is 115 Å². The molecule has 2 aromatic rings. The van der Waals surface area contributed by atoms with E-state index in [0.29, 0.717) is 11.4 Å². The molecule has 0 aliphatic rings. The minimum atomic E-state index is -0.452. The lowest BCUT2D eigenvalue weighted by Crippen LogP contribution is -2.07. The molecule has 0 saturated carbocycles. The fourth-order valence-corrected chi connectivity index (χ4v) is 2.67. The summed E-state index contributed by atoms with van der Waals surface area (Å²) in [5.41, 5.74) is 6.93. The van der Waals surface area contributed by atoms with Crippen LogP contribution in [0.4, 0.5) is 17.1 Å². The zero-order chi connectivity index (χ0) is 14.0. The number of hydrogen-bond acceptors (Lipinski definition) is 5. The average Bonchev–Trinajstić information content (AvgIpc) is 2.78. The summed E-state index contributed by atoms with van der Waals surface area (Å²) in [6.07, 6.45) is 0. The SMILES string of the molecule is Cc1ccc(C(C)Nc2ccc([N+](=O)[O-])cc2N)s1. The van der Waals surface area contributed by atoms with Gasteiger partial charge in [0.1, 0.15) is 0 Å². The smallest absolute Gasteiger partial charge is 0.271 e. The fourth-order valence-electron chi connectivity index (χ4n) is 1.79. The standard InChI is InChI=1S/C13H15N3O2S/c1-8-3-6-13(19-8)9(2)15-12-5-4-10(16(17)18)7-11(12)14/h3-7,9,15H,14H2,1-2H3. The first-order valence-electron chi connectivity index (χ1n) is 5.84. The van der Waals surface area contributed by atoms with Gasteiger partial charge in [0.2, 0.25) is 0 Å². The summed E-state index contributed by atoms with van der Waals surface area (Å²) < 4.78 is 0. The Hall–Kier alpha value is -2.08. The van der Waals surface area contributed by atoms with Crippen molar-refractivity contribution in [2.75, 3.05) is 11.1 Å². The number of rotatable bonds is 4. The van der Waals surface area contributed by atoms with E-state index in [4.69, 9.17) is 5.73 Å². The molecular formula is C13H15N3O2S. The van der Waals surface area contributed by atoms with Gasteiger partial charge in [0.25, 0.3) is 5.69 Å². The molecule has 6 heteroatoms. The highest BCUT2D eigenvalue weighted by Crippen LogP contribution is 2.30. The third kappa shape index (κ3) is 3.03. The number of benzene rings is 1. The van der Waals surface area contributed by atoms with Gasteiger partial charge >= 0.3 is 0 Å². The Morgan fingerprint density at radius 3 is 2.63 bits per heavy atom. The highest BCUT2D eigenvalue weighted by Gasteiger charge is 2.12. The number of nitrogens with two attached hydrogens (primary N) is 1. The molecule has 100 valence electrons. The van der Waals surface area contributed by atoms with Crippen LogP contribution in [-0.2, 0) is 0 Å². The van der Waals surface area contributed by atoms with Crippen molar-refractivity contribution >= 4 is 28.4 Å². The molecule has 2 rings (SSSR count). The van der Waals surface area contributed by atoms with Gasteiger partial charge < -0.3 is 11.1 Å². The van der Waals surface area contributed by atoms with Gasteiger partial charge in [-0.25, -0.2) is 0 Å². The molecule has 0 spiro atoms. The summed E-state index contributed by atoms with van der Waals surface area (Å²) in [5.74, 6) is 0. The third-order valence-corrected chi connectivity index (χ3v) is 3.99. The minimum Gasteiger partial charge on any atom is -0.397 e. The van der Waals surface area contributed by atoms with Crippen molar-refractivity contribution in [3.63, 3.8) is 0 Å². The molecule has 1 aromatic heterocycles. The van der Waals surface area contributed by atoms with Crippen molar-refractivity contribution < 1.29 is 4.92 Å². The molecule has 0 aliphatic carbocycles. The van der Waals surface area contributed by atoms with Crippen LogP contribution in [0.15, 0.2) is 30.3 Å². The Kier molecular flexibility index (Phi) is 3.71. The minimum absolute atomic E-state index is 0.00247. The molecule has 1 unspecified atom stereocenters. The Morgan fingerprint density at radius 1 is 1.37 bits per heavy atom. The number of hydrogen-bond donors (Lipinski definition) is 2. The molecule has 3 N–H and O–H groups in total. The number of nitrogen functional groups attached to an aromatic ring is 1. The molecule has 0 radical (unpaired) electrons. The molecular weight excluding hydrogens is 262 g/mol. The summed E-state index contributed by atoms with van der Waals surface area (Å²) in [7, 11) is 0. The molecule has 0 fully saturated rings. The van der Waals surface area contributed by atoms with Crippen LogP contribution in [0.2, 0.25) is 0 Å². The zero-order valence-corrected chi connectivity index (χ0v) is 11.5. The fraction of sp³-hybridized carbons (Fsp3) is 0.231. The van der Waals surface area contributed by atoms with Crippen molar-refractivity contribution in [1.82, 2.24) is 0 Å². The van der Waals surface area contributed by atoms with E-state index in [0.717, 1.165) is 0 Å². The molecule has 0 bridgehead atoms. The van der Waals surface area contributed by atoms with E-state index in [9.17, 15) is 10.1 Å².